The summed E-state index contributed by atoms with van der Waals surface area (Å²) < 4.78 is 5.30. The van der Waals surface area contributed by atoms with Crippen LogP contribution in [-0.2, 0) is 0 Å². The van der Waals surface area contributed by atoms with Crippen molar-refractivity contribution in [3.05, 3.63) is 96.1 Å². The summed E-state index contributed by atoms with van der Waals surface area (Å²) in [5.41, 5.74) is 6.74. The van der Waals surface area contributed by atoms with Crippen LogP contribution in [0.2, 0.25) is 0 Å². The van der Waals surface area contributed by atoms with Gasteiger partial charge < -0.3 is 4.74 Å². The van der Waals surface area contributed by atoms with Gasteiger partial charge in [-0.25, -0.2) is 0 Å². The standard InChI is InChI=1S/C24H22N2O/c1-17(18-9-5-3-6-10-18)22-23(19-11-7-4-8-12-19)25-26-24(22)20-13-15-21(27-2)16-14-20/h3-17H,1-2H3,(H,25,26)/t17-/m1/s1. The van der Waals surface area contributed by atoms with Crippen molar-refractivity contribution in [3.8, 4) is 28.3 Å². The van der Waals surface area contributed by atoms with Crippen LogP contribution in [0.5, 0.6) is 5.75 Å². The van der Waals surface area contributed by atoms with E-state index in [2.05, 4.69) is 60.6 Å². The summed E-state index contributed by atoms with van der Waals surface area (Å²) in [5.74, 6) is 1.05. The van der Waals surface area contributed by atoms with E-state index >= 15 is 0 Å². The first-order valence-corrected chi connectivity index (χ1v) is 9.11. The fourth-order valence-electron chi connectivity index (χ4n) is 3.47. The van der Waals surface area contributed by atoms with E-state index in [0.717, 1.165) is 28.3 Å². The Hall–Kier alpha value is -3.33. The lowest BCUT2D eigenvalue weighted by molar-refractivity contribution is 0.415. The van der Waals surface area contributed by atoms with E-state index in [4.69, 9.17) is 9.84 Å². The number of hydrogen-bond acceptors (Lipinski definition) is 2. The van der Waals surface area contributed by atoms with Crippen LogP contribution in [0.1, 0.15) is 24.0 Å². The quantitative estimate of drug-likeness (QED) is 0.484. The number of methoxy groups -OCH3 is 1. The molecule has 1 N–H and O–H groups in total. The third kappa shape index (κ3) is 3.36. The van der Waals surface area contributed by atoms with Crippen molar-refractivity contribution in [1.29, 1.82) is 0 Å². The predicted octanol–water partition coefficient (Wildman–Crippen LogP) is 5.90. The van der Waals surface area contributed by atoms with Gasteiger partial charge >= 0.3 is 0 Å². The maximum absolute atomic E-state index is 5.30. The molecule has 3 nitrogen and oxygen atoms in total. The van der Waals surface area contributed by atoms with Gasteiger partial charge in [-0.1, -0.05) is 67.6 Å². The number of ether oxygens (including phenoxy) is 1. The minimum absolute atomic E-state index is 0.206. The molecular formula is C24H22N2O. The molecule has 1 aromatic heterocycles. The number of aromatic amines is 1. The molecule has 0 amide bonds. The minimum Gasteiger partial charge on any atom is -0.497 e. The number of H-pyrrole nitrogens is 1. The Balaban J connectivity index is 1.87. The number of hydrogen-bond donors (Lipinski definition) is 1. The van der Waals surface area contributed by atoms with Crippen LogP contribution >= 0.6 is 0 Å². The van der Waals surface area contributed by atoms with Gasteiger partial charge in [0.25, 0.3) is 0 Å². The van der Waals surface area contributed by atoms with Crippen molar-refractivity contribution in [2.45, 2.75) is 12.8 Å². The maximum atomic E-state index is 5.30. The van der Waals surface area contributed by atoms with E-state index in [1.807, 2.05) is 36.4 Å². The predicted molar refractivity (Wildman–Crippen MR) is 110 cm³/mol. The molecule has 3 aromatic carbocycles. The third-order valence-corrected chi connectivity index (χ3v) is 4.96. The Labute approximate surface area is 159 Å². The fraction of sp³-hybridized carbons (Fsp3) is 0.125. The molecule has 1 heterocycles. The Kier molecular flexibility index (Phi) is 4.75. The molecule has 0 unspecified atom stereocenters. The summed E-state index contributed by atoms with van der Waals surface area (Å²) in [6, 6.07) is 29.0. The second-order valence-electron chi connectivity index (χ2n) is 6.59. The molecule has 4 aromatic rings. The van der Waals surface area contributed by atoms with Crippen molar-refractivity contribution in [3.63, 3.8) is 0 Å². The van der Waals surface area contributed by atoms with Crippen molar-refractivity contribution >= 4 is 0 Å². The van der Waals surface area contributed by atoms with Crippen LogP contribution in [0.3, 0.4) is 0 Å². The fourth-order valence-corrected chi connectivity index (χ4v) is 3.47. The van der Waals surface area contributed by atoms with Gasteiger partial charge in [-0.2, -0.15) is 5.10 Å². The van der Waals surface area contributed by atoms with Crippen LogP contribution in [0, 0.1) is 0 Å². The molecule has 4 rings (SSSR count). The van der Waals surface area contributed by atoms with Crippen LogP contribution in [0.4, 0.5) is 0 Å². The van der Waals surface area contributed by atoms with Crippen molar-refractivity contribution < 1.29 is 4.74 Å². The summed E-state index contributed by atoms with van der Waals surface area (Å²) in [7, 11) is 1.68. The second kappa shape index (κ2) is 7.50. The molecule has 3 heteroatoms. The van der Waals surface area contributed by atoms with E-state index in [0.29, 0.717) is 0 Å². The maximum Gasteiger partial charge on any atom is 0.118 e. The zero-order chi connectivity index (χ0) is 18.6. The minimum atomic E-state index is 0.206. The molecule has 0 bridgehead atoms. The monoisotopic (exact) mass is 354 g/mol. The Morgan fingerprint density at radius 2 is 1.41 bits per heavy atom. The molecule has 0 radical (unpaired) electrons. The van der Waals surface area contributed by atoms with Gasteiger partial charge in [0, 0.05) is 22.6 Å². The van der Waals surface area contributed by atoms with E-state index in [-0.39, 0.29) is 5.92 Å². The van der Waals surface area contributed by atoms with Crippen molar-refractivity contribution in [1.82, 2.24) is 10.2 Å². The summed E-state index contributed by atoms with van der Waals surface area (Å²) >= 11 is 0. The van der Waals surface area contributed by atoms with Gasteiger partial charge in [-0.15, -0.1) is 0 Å². The van der Waals surface area contributed by atoms with Crippen LogP contribution in [-0.4, -0.2) is 17.3 Å². The number of aromatic nitrogens is 2. The van der Waals surface area contributed by atoms with Crippen LogP contribution in [0.25, 0.3) is 22.5 Å². The van der Waals surface area contributed by atoms with Gasteiger partial charge in [0.05, 0.1) is 18.5 Å². The number of benzene rings is 3. The molecule has 0 fully saturated rings. The summed E-state index contributed by atoms with van der Waals surface area (Å²) in [6.07, 6.45) is 0. The Bertz CT molecular complexity index is 1010. The highest BCUT2D eigenvalue weighted by Gasteiger charge is 2.22. The van der Waals surface area contributed by atoms with E-state index < -0.39 is 0 Å². The number of nitrogens with one attached hydrogen (secondary N) is 1. The molecular weight excluding hydrogens is 332 g/mol. The third-order valence-electron chi connectivity index (χ3n) is 4.96. The molecule has 0 aliphatic rings. The summed E-state index contributed by atoms with van der Waals surface area (Å²) in [6.45, 7) is 2.24. The first kappa shape index (κ1) is 17.1. The lowest BCUT2D eigenvalue weighted by atomic mass is 9.88. The zero-order valence-corrected chi connectivity index (χ0v) is 15.5. The first-order chi connectivity index (χ1) is 13.3. The Morgan fingerprint density at radius 3 is 2.04 bits per heavy atom. The molecule has 0 spiro atoms. The van der Waals surface area contributed by atoms with Gasteiger partial charge in [0.2, 0.25) is 0 Å². The highest BCUT2D eigenvalue weighted by Crippen LogP contribution is 2.38. The highest BCUT2D eigenvalue weighted by atomic mass is 16.5. The van der Waals surface area contributed by atoms with Crippen molar-refractivity contribution in [2.75, 3.05) is 7.11 Å². The lowest BCUT2D eigenvalue weighted by Gasteiger charge is -2.15. The van der Waals surface area contributed by atoms with E-state index in [9.17, 15) is 0 Å². The smallest absolute Gasteiger partial charge is 0.118 e. The average molecular weight is 354 g/mol. The van der Waals surface area contributed by atoms with E-state index in [1.165, 1.54) is 11.1 Å². The lowest BCUT2D eigenvalue weighted by Crippen LogP contribution is -1.99. The zero-order valence-electron chi connectivity index (χ0n) is 15.5. The first-order valence-electron chi connectivity index (χ1n) is 9.11. The topological polar surface area (TPSA) is 37.9 Å². The van der Waals surface area contributed by atoms with Gasteiger partial charge in [-0.05, 0) is 29.8 Å². The van der Waals surface area contributed by atoms with Gasteiger partial charge in [0.15, 0.2) is 0 Å². The SMILES string of the molecule is COc1ccc(-c2[nH]nc(-c3ccccc3)c2[C@H](C)c2ccccc2)cc1. The highest BCUT2D eigenvalue weighted by molar-refractivity contribution is 5.76. The van der Waals surface area contributed by atoms with Gasteiger partial charge in [-0.3, -0.25) is 5.10 Å². The van der Waals surface area contributed by atoms with Gasteiger partial charge in [0.1, 0.15) is 5.75 Å². The molecule has 0 saturated heterocycles. The molecule has 27 heavy (non-hydrogen) atoms. The largest absolute Gasteiger partial charge is 0.497 e. The molecule has 0 aliphatic carbocycles. The van der Waals surface area contributed by atoms with Crippen LogP contribution in [0.15, 0.2) is 84.9 Å². The molecule has 1 atom stereocenters. The summed E-state index contributed by atoms with van der Waals surface area (Å²) in [4.78, 5) is 0. The number of rotatable bonds is 5. The van der Waals surface area contributed by atoms with Crippen molar-refractivity contribution in [2.24, 2.45) is 0 Å². The molecule has 0 saturated carbocycles. The average Bonchev–Trinajstić information content (AvgIpc) is 3.19. The molecule has 134 valence electrons. The molecule has 0 aliphatic heterocycles. The second-order valence-corrected chi connectivity index (χ2v) is 6.59. The van der Waals surface area contributed by atoms with E-state index in [1.54, 1.807) is 7.11 Å². The number of nitrogens with zero attached hydrogens (tertiary/aromatic N) is 1. The Morgan fingerprint density at radius 1 is 0.778 bits per heavy atom. The normalized spacial score (nSPS) is 11.9. The summed E-state index contributed by atoms with van der Waals surface area (Å²) in [5, 5.41) is 7.98. The van der Waals surface area contributed by atoms with Crippen LogP contribution < -0.4 is 4.74 Å².